The first-order chi connectivity index (χ1) is 12.5. The van der Waals surface area contributed by atoms with Crippen LogP contribution in [0.2, 0.25) is 0 Å². The summed E-state index contributed by atoms with van der Waals surface area (Å²) in [7, 11) is 1.85. The number of nitrogens with zero attached hydrogens (tertiary/aromatic N) is 2. The second-order valence-electron chi connectivity index (χ2n) is 8.03. The molecule has 0 aromatic carbocycles. The zero-order valence-electron chi connectivity index (χ0n) is 16.6. The highest BCUT2D eigenvalue weighted by Gasteiger charge is 2.66. The molecular formula is C19H27N3O4S. The number of nitrogens with one attached hydrogen (secondary N) is 1. The number of rotatable bonds is 6. The largest absolute Gasteiger partial charge is 0.479 e. The third-order valence-corrected chi connectivity index (χ3v) is 6.97. The Morgan fingerprint density at radius 1 is 1.48 bits per heavy atom. The van der Waals surface area contributed by atoms with Gasteiger partial charge in [0.2, 0.25) is 0 Å². The van der Waals surface area contributed by atoms with E-state index in [1.807, 2.05) is 33.9 Å². The summed E-state index contributed by atoms with van der Waals surface area (Å²) < 4.78 is 7.43. The number of aliphatic carboxylic acids is 1. The molecular weight excluding hydrogens is 366 g/mol. The Morgan fingerprint density at radius 2 is 2.15 bits per heavy atom. The van der Waals surface area contributed by atoms with Crippen LogP contribution < -0.4 is 5.32 Å². The minimum atomic E-state index is -1.33. The van der Waals surface area contributed by atoms with E-state index in [1.165, 1.54) is 11.3 Å². The highest BCUT2D eigenvalue weighted by atomic mass is 32.1. The third-order valence-electron chi connectivity index (χ3n) is 5.77. The monoisotopic (exact) mass is 393 g/mol. The van der Waals surface area contributed by atoms with Crippen LogP contribution in [-0.2, 0) is 16.6 Å². The molecule has 1 saturated carbocycles. The van der Waals surface area contributed by atoms with Gasteiger partial charge in [-0.3, -0.25) is 9.48 Å². The average molecular weight is 394 g/mol. The number of thiophene rings is 1. The van der Waals surface area contributed by atoms with Crippen LogP contribution in [0.15, 0.2) is 6.07 Å². The van der Waals surface area contributed by atoms with Crippen molar-refractivity contribution in [1.29, 1.82) is 0 Å². The van der Waals surface area contributed by atoms with Crippen molar-refractivity contribution in [3.8, 4) is 0 Å². The number of carboxylic acid groups (broad SMARTS) is 1. The van der Waals surface area contributed by atoms with Crippen LogP contribution in [-0.4, -0.2) is 45.0 Å². The lowest BCUT2D eigenvalue weighted by Crippen LogP contribution is -2.76. The van der Waals surface area contributed by atoms with Crippen molar-refractivity contribution in [2.75, 3.05) is 6.61 Å². The molecule has 148 valence electrons. The van der Waals surface area contributed by atoms with Crippen LogP contribution in [0.1, 0.15) is 62.3 Å². The lowest BCUT2D eigenvalue weighted by molar-refractivity contribution is -0.190. The molecule has 0 aliphatic heterocycles. The molecule has 2 aromatic heterocycles. The summed E-state index contributed by atoms with van der Waals surface area (Å²) in [5, 5.41) is 18.2. The maximum atomic E-state index is 12.9. The summed E-state index contributed by atoms with van der Waals surface area (Å²) >= 11 is 1.33. The van der Waals surface area contributed by atoms with Crippen molar-refractivity contribution in [3.05, 3.63) is 16.6 Å². The second-order valence-corrected chi connectivity index (χ2v) is 9.06. The van der Waals surface area contributed by atoms with Gasteiger partial charge in [-0.25, -0.2) is 4.79 Å². The van der Waals surface area contributed by atoms with E-state index in [2.05, 4.69) is 24.3 Å². The number of fused-ring (bicyclic) bond motifs is 1. The number of ether oxygens (including phenoxy) is 1. The van der Waals surface area contributed by atoms with Crippen LogP contribution >= 0.6 is 11.3 Å². The van der Waals surface area contributed by atoms with Crippen LogP contribution in [0.3, 0.4) is 0 Å². The molecule has 7 nitrogen and oxygen atoms in total. The van der Waals surface area contributed by atoms with Gasteiger partial charge in [-0.1, -0.05) is 27.7 Å². The number of aryl methyl sites for hydroxylation is 1. The van der Waals surface area contributed by atoms with Gasteiger partial charge >= 0.3 is 5.97 Å². The van der Waals surface area contributed by atoms with Crippen LogP contribution in [0.5, 0.6) is 0 Å². The number of hydrogen-bond donors (Lipinski definition) is 2. The van der Waals surface area contributed by atoms with Crippen molar-refractivity contribution < 1.29 is 19.4 Å². The summed E-state index contributed by atoms with van der Waals surface area (Å²) in [5.41, 5.74) is -1.10. The van der Waals surface area contributed by atoms with Gasteiger partial charge < -0.3 is 15.2 Å². The Morgan fingerprint density at radius 3 is 2.67 bits per heavy atom. The summed E-state index contributed by atoms with van der Waals surface area (Å²) in [6.07, 6.45) is 0.0663. The molecule has 3 rings (SSSR count). The third kappa shape index (κ3) is 2.86. The zero-order valence-corrected chi connectivity index (χ0v) is 17.4. The van der Waals surface area contributed by atoms with Gasteiger partial charge in [0.05, 0.1) is 16.7 Å². The topological polar surface area (TPSA) is 93.5 Å². The lowest BCUT2D eigenvalue weighted by Gasteiger charge is -2.58. The predicted octanol–water partition coefficient (Wildman–Crippen LogP) is 3.15. The maximum absolute atomic E-state index is 12.9. The van der Waals surface area contributed by atoms with Gasteiger partial charge in [0.15, 0.2) is 0 Å². The van der Waals surface area contributed by atoms with E-state index in [0.717, 1.165) is 15.9 Å². The van der Waals surface area contributed by atoms with Crippen molar-refractivity contribution in [2.24, 2.45) is 12.5 Å². The molecule has 1 amide bonds. The smallest absolute Gasteiger partial charge is 0.330 e. The minimum Gasteiger partial charge on any atom is -0.479 e. The second kappa shape index (κ2) is 6.60. The Balaban J connectivity index is 1.91. The lowest BCUT2D eigenvalue weighted by atomic mass is 9.54. The summed E-state index contributed by atoms with van der Waals surface area (Å²) in [6, 6.07) is 1.82. The van der Waals surface area contributed by atoms with Crippen molar-refractivity contribution in [3.63, 3.8) is 0 Å². The minimum absolute atomic E-state index is 0.196. The first kappa shape index (κ1) is 19.8. The molecule has 0 bridgehead atoms. The molecule has 1 fully saturated rings. The highest BCUT2D eigenvalue weighted by Crippen LogP contribution is 2.51. The summed E-state index contributed by atoms with van der Waals surface area (Å²) in [4.78, 5) is 26.4. The van der Waals surface area contributed by atoms with E-state index in [9.17, 15) is 14.7 Å². The van der Waals surface area contributed by atoms with Crippen LogP contribution in [0.4, 0.5) is 0 Å². The van der Waals surface area contributed by atoms with E-state index in [1.54, 1.807) is 4.68 Å². The van der Waals surface area contributed by atoms with E-state index in [4.69, 9.17) is 4.74 Å². The molecule has 0 radical (unpaired) electrons. The average Bonchev–Trinajstić information content (AvgIpc) is 3.14. The quantitative estimate of drug-likeness (QED) is 0.786. The van der Waals surface area contributed by atoms with Gasteiger partial charge in [-0.05, 0) is 18.9 Å². The molecule has 27 heavy (non-hydrogen) atoms. The Labute approximate surface area is 162 Å². The first-order valence-electron chi connectivity index (χ1n) is 9.19. The van der Waals surface area contributed by atoms with E-state index in [-0.39, 0.29) is 24.3 Å². The van der Waals surface area contributed by atoms with Gasteiger partial charge in [-0.2, -0.15) is 5.10 Å². The Bertz CT molecular complexity index is 898. The first-order valence-corrected chi connectivity index (χ1v) is 10.0. The number of amides is 1. The van der Waals surface area contributed by atoms with E-state index in [0.29, 0.717) is 11.5 Å². The highest BCUT2D eigenvalue weighted by molar-refractivity contribution is 7.20. The number of aromatic nitrogens is 2. The normalized spacial score (nSPS) is 24.2. The summed E-state index contributed by atoms with van der Waals surface area (Å²) in [6.45, 7) is 10.2. The molecule has 0 saturated heterocycles. The molecule has 2 aromatic rings. The standard InChI is InChI=1S/C19H27N3O4S/c1-7-26-13-9-19(17(24)25,18(13,4)5)20-15(23)12-8-11-14(10(2)3)21-22(6)16(11)27-12/h8,10,13H,7,9H2,1-6H3,(H,20,23)(H,24,25). The molecule has 1 aliphatic carbocycles. The molecule has 0 spiro atoms. The maximum Gasteiger partial charge on any atom is 0.330 e. The number of carbonyl (C=O) groups is 2. The van der Waals surface area contributed by atoms with Gasteiger partial charge in [0.1, 0.15) is 10.4 Å². The van der Waals surface area contributed by atoms with Crippen molar-refractivity contribution >= 4 is 33.4 Å². The SMILES string of the molecule is CCOC1CC(NC(=O)c2cc3c(C(C)C)nn(C)c3s2)(C(=O)O)C1(C)C. The van der Waals surface area contributed by atoms with Crippen molar-refractivity contribution in [1.82, 2.24) is 15.1 Å². The Hall–Kier alpha value is -1.93. The molecule has 8 heteroatoms. The molecule has 2 atom stereocenters. The molecule has 1 aliphatic rings. The van der Waals surface area contributed by atoms with Crippen molar-refractivity contribution in [2.45, 2.75) is 58.6 Å². The number of hydrogen-bond acceptors (Lipinski definition) is 5. The molecule has 2 unspecified atom stereocenters. The number of carboxylic acids is 1. The molecule has 2 heterocycles. The van der Waals surface area contributed by atoms with Crippen LogP contribution in [0.25, 0.3) is 10.2 Å². The van der Waals surface area contributed by atoms with Gasteiger partial charge in [0, 0.05) is 30.9 Å². The number of carbonyl (C=O) groups excluding carboxylic acids is 1. The van der Waals surface area contributed by atoms with E-state index < -0.39 is 16.9 Å². The fraction of sp³-hybridized carbons (Fsp3) is 0.632. The Kier molecular flexibility index (Phi) is 4.84. The zero-order chi connectivity index (χ0) is 20.1. The van der Waals surface area contributed by atoms with Gasteiger partial charge in [0.25, 0.3) is 5.91 Å². The van der Waals surface area contributed by atoms with Gasteiger partial charge in [-0.15, -0.1) is 11.3 Å². The van der Waals surface area contributed by atoms with E-state index >= 15 is 0 Å². The fourth-order valence-corrected chi connectivity index (χ4v) is 4.87. The molecule has 2 N–H and O–H groups in total. The predicted molar refractivity (Wildman–Crippen MR) is 104 cm³/mol. The summed E-state index contributed by atoms with van der Waals surface area (Å²) in [5.74, 6) is -1.15. The fourth-order valence-electron chi connectivity index (χ4n) is 3.90. The van der Waals surface area contributed by atoms with Crippen LogP contribution in [0, 0.1) is 5.41 Å².